The van der Waals surface area contributed by atoms with Crippen molar-refractivity contribution in [2.24, 2.45) is 4.99 Å². The van der Waals surface area contributed by atoms with Crippen LogP contribution in [-0.2, 0) is 10.0 Å². The molecule has 1 aliphatic rings. The Bertz CT molecular complexity index is 833. The maximum Gasteiger partial charge on any atom is 0.267 e. The van der Waals surface area contributed by atoms with Crippen molar-refractivity contribution in [1.82, 2.24) is 4.31 Å². The van der Waals surface area contributed by atoms with Gasteiger partial charge in [-0.25, -0.2) is 13.4 Å². The number of nitrogens with zero attached hydrogens (tertiary/aromatic N) is 2. The molecule has 0 unspecified atom stereocenters. The highest BCUT2D eigenvalue weighted by atomic mass is 32.2. The molecule has 0 N–H and O–H groups in total. The fourth-order valence-electron chi connectivity index (χ4n) is 2.26. The highest BCUT2D eigenvalue weighted by Gasteiger charge is 2.28. The van der Waals surface area contributed by atoms with E-state index in [1.165, 1.54) is 10.6 Å². The van der Waals surface area contributed by atoms with Crippen molar-refractivity contribution in [2.75, 3.05) is 20.3 Å². The molecule has 120 valence electrons. The number of para-hydroxylation sites is 3. The molecule has 0 aromatic heterocycles. The molecule has 3 rings (SSSR count). The van der Waals surface area contributed by atoms with Gasteiger partial charge in [-0.2, -0.15) is 0 Å². The van der Waals surface area contributed by atoms with E-state index in [-0.39, 0.29) is 18.0 Å². The summed E-state index contributed by atoms with van der Waals surface area (Å²) in [6.45, 7) is 0.353. The van der Waals surface area contributed by atoms with Crippen molar-refractivity contribution >= 4 is 22.0 Å². The van der Waals surface area contributed by atoms with Crippen LogP contribution in [0.25, 0.3) is 0 Å². The van der Waals surface area contributed by atoms with Gasteiger partial charge in [0.25, 0.3) is 10.0 Å². The Balaban J connectivity index is 1.70. The predicted octanol–water partition coefficient (Wildman–Crippen LogP) is 2.44. The number of sulfonamides is 1. The van der Waals surface area contributed by atoms with Crippen LogP contribution in [0.4, 0.5) is 5.69 Å². The molecule has 0 bridgehead atoms. The van der Waals surface area contributed by atoms with Gasteiger partial charge in [0.2, 0.25) is 0 Å². The molecule has 2 aromatic rings. The van der Waals surface area contributed by atoms with Gasteiger partial charge in [-0.3, -0.25) is 4.31 Å². The number of benzene rings is 2. The first kappa shape index (κ1) is 15.4. The second-order valence-electron chi connectivity index (χ2n) is 4.83. The van der Waals surface area contributed by atoms with Crippen LogP contribution in [0.3, 0.4) is 0 Å². The summed E-state index contributed by atoms with van der Waals surface area (Å²) in [5.74, 6) is 1.18. The lowest BCUT2D eigenvalue weighted by Crippen LogP contribution is -2.35. The van der Waals surface area contributed by atoms with Crippen molar-refractivity contribution in [3.63, 3.8) is 0 Å². The summed E-state index contributed by atoms with van der Waals surface area (Å²) in [7, 11) is -2.02. The number of ether oxygens (including phenoxy) is 2. The number of hydrogen-bond acceptors (Lipinski definition) is 5. The van der Waals surface area contributed by atoms with Crippen LogP contribution in [0, 0.1) is 0 Å². The lowest BCUT2D eigenvalue weighted by Gasteiger charge is -2.24. The minimum atomic E-state index is -3.58. The molecule has 7 heteroatoms. The maximum atomic E-state index is 12.5. The van der Waals surface area contributed by atoms with Gasteiger partial charge in [0.05, 0.1) is 19.3 Å². The second-order valence-corrected chi connectivity index (χ2v) is 6.69. The third-order valence-electron chi connectivity index (χ3n) is 3.42. The van der Waals surface area contributed by atoms with Crippen molar-refractivity contribution in [3.05, 3.63) is 48.5 Å². The lowest BCUT2D eigenvalue weighted by atomic mass is 10.3. The summed E-state index contributed by atoms with van der Waals surface area (Å²) in [5, 5.41) is 0. The van der Waals surface area contributed by atoms with Crippen molar-refractivity contribution in [3.8, 4) is 11.5 Å². The van der Waals surface area contributed by atoms with Crippen LogP contribution in [0.1, 0.15) is 0 Å². The molecule has 0 aliphatic carbocycles. The van der Waals surface area contributed by atoms with Crippen LogP contribution >= 0.6 is 0 Å². The monoisotopic (exact) mass is 332 g/mol. The lowest BCUT2D eigenvalue weighted by molar-refractivity contribution is 0.283. The number of methoxy groups -OCH3 is 1. The summed E-state index contributed by atoms with van der Waals surface area (Å²) < 4.78 is 37.0. The molecule has 0 amide bonds. The van der Waals surface area contributed by atoms with Gasteiger partial charge in [-0.05, 0) is 24.3 Å². The predicted molar refractivity (Wildman–Crippen MR) is 87.0 cm³/mol. The van der Waals surface area contributed by atoms with E-state index >= 15 is 0 Å². The molecule has 1 aliphatic heterocycles. The van der Waals surface area contributed by atoms with E-state index in [1.54, 1.807) is 43.5 Å². The summed E-state index contributed by atoms with van der Waals surface area (Å²) in [6.07, 6.45) is 1.32. The zero-order chi connectivity index (χ0) is 16.3. The standard InChI is InChI=1S/C16H16N2O4S/c1-21-14-7-3-4-8-15(14)22-11-10-18-12-17-13-6-2-5-9-16(13)23(18,19)20/h2-9,12H,10-11H2,1H3. The van der Waals surface area contributed by atoms with E-state index in [1.807, 2.05) is 12.1 Å². The van der Waals surface area contributed by atoms with Crippen molar-refractivity contribution in [1.29, 1.82) is 0 Å². The molecule has 0 radical (unpaired) electrons. The van der Waals surface area contributed by atoms with Crippen LogP contribution in [0.5, 0.6) is 11.5 Å². The Morgan fingerprint density at radius 3 is 2.52 bits per heavy atom. The largest absolute Gasteiger partial charge is 0.493 e. The van der Waals surface area contributed by atoms with Gasteiger partial charge in [-0.1, -0.05) is 24.3 Å². The van der Waals surface area contributed by atoms with Crippen LogP contribution in [0.15, 0.2) is 58.4 Å². The van der Waals surface area contributed by atoms with Crippen molar-refractivity contribution < 1.29 is 17.9 Å². The number of fused-ring (bicyclic) bond motifs is 1. The highest BCUT2D eigenvalue weighted by Crippen LogP contribution is 2.30. The fourth-order valence-corrected chi connectivity index (χ4v) is 3.63. The van der Waals surface area contributed by atoms with E-state index in [9.17, 15) is 8.42 Å². The summed E-state index contributed by atoms with van der Waals surface area (Å²) in [4.78, 5) is 4.38. The van der Waals surface area contributed by atoms with Gasteiger partial charge in [0.15, 0.2) is 11.5 Å². The number of aliphatic imine (C=N–C) groups is 1. The molecule has 0 saturated heterocycles. The van der Waals surface area contributed by atoms with Gasteiger partial charge in [0, 0.05) is 0 Å². The Kier molecular flexibility index (Phi) is 4.20. The zero-order valence-corrected chi connectivity index (χ0v) is 13.4. The second kappa shape index (κ2) is 6.29. The van der Waals surface area contributed by atoms with Crippen LogP contribution in [0.2, 0.25) is 0 Å². The van der Waals surface area contributed by atoms with E-state index < -0.39 is 10.0 Å². The third-order valence-corrected chi connectivity index (χ3v) is 5.21. The molecular weight excluding hydrogens is 316 g/mol. The molecule has 6 nitrogen and oxygen atoms in total. The van der Waals surface area contributed by atoms with Gasteiger partial charge in [-0.15, -0.1) is 0 Å². The zero-order valence-electron chi connectivity index (χ0n) is 12.5. The smallest absolute Gasteiger partial charge is 0.267 e. The fraction of sp³-hybridized carbons (Fsp3) is 0.188. The Morgan fingerprint density at radius 1 is 1.04 bits per heavy atom. The molecule has 23 heavy (non-hydrogen) atoms. The quantitative estimate of drug-likeness (QED) is 0.843. The first-order valence-corrected chi connectivity index (χ1v) is 8.48. The summed E-state index contributed by atoms with van der Waals surface area (Å²) in [6, 6.07) is 13.9. The molecule has 0 spiro atoms. The van der Waals surface area contributed by atoms with Crippen LogP contribution < -0.4 is 9.47 Å². The molecule has 0 fully saturated rings. The number of hydrogen-bond donors (Lipinski definition) is 0. The molecular formula is C16H16N2O4S. The van der Waals surface area contributed by atoms with Crippen LogP contribution in [-0.4, -0.2) is 39.3 Å². The maximum absolute atomic E-state index is 12.5. The van der Waals surface area contributed by atoms with Crippen molar-refractivity contribution in [2.45, 2.75) is 4.90 Å². The summed E-state index contributed by atoms with van der Waals surface area (Å²) >= 11 is 0. The first-order valence-electron chi connectivity index (χ1n) is 7.04. The molecule has 0 atom stereocenters. The van der Waals surface area contributed by atoms with Gasteiger partial charge in [0.1, 0.15) is 17.8 Å². The minimum absolute atomic E-state index is 0.165. The highest BCUT2D eigenvalue weighted by molar-refractivity contribution is 7.89. The summed E-state index contributed by atoms with van der Waals surface area (Å²) in [5.41, 5.74) is 0.453. The Hall–Kier alpha value is -2.54. The third kappa shape index (κ3) is 3.00. The SMILES string of the molecule is COc1ccccc1OCCN1C=Nc2ccccc2S1(=O)=O. The van der Waals surface area contributed by atoms with Gasteiger partial charge >= 0.3 is 0 Å². The van der Waals surface area contributed by atoms with Gasteiger partial charge < -0.3 is 9.47 Å². The molecule has 1 heterocycles. The van der Waals surface area contributed by atoms with E-state index in [2.05, 4.69) is 4.99 Å². The molecule has 0 saturated carbocycles. The molecule has 2 aromatic carbocycles. The average Bonchev–Trinajstić information content (AvgIpc) is 2.57. The average molecular weight is 332 g/mol. The van der Waals surface area contributed by atoms with E-state index in [4.69, 9.17) is 9.47 Å². The Morgan fingerprint density at radius 2 is 1.74 bits per heavy atom. The minimum Gasteiger partial charge on any atom is -0.493 e. The normalized spacial score (nSPS) is 15.1. The first-order chi connectivity index (χ1) is 11.1. The Labute approximate surface area is 135 Å². The topological polar surface area (TPSA) is 68.2 Å². The van der Waals surface area contributed by atoms with E-state index in [0.717, 1.165) is 0 Å². The number of rotatable bonds is 5. The van der Waals surface area contributed by atoms with E-state index in [0.29, 0.717) is 17.2 Å².